The van der Waals surface area contributed by atoms with Crippen molar-refractivity contribution in [3.8, 4) is 5.75 Å². The molecule has 0 aliphatic rings. The number of benzene rings is 1. The van der Waals surface area contributed by atoms with E-state index in [1.807, 2.05) is 18.2 Å². The first-order chi connectivity index (χ1) is 12.5. The van der Waals surface area contributed by atoms with Crippen molar-refractivity contribution >= 4 is 10.4 Å². The molecule has 1 N–H and O–H groups in total. The van der Waals surface area contributed by atoms with Crippen LogP contribution < -0.4 is 4.74 Å². The van der Waals surface area contributed by atoms with E-state index in [2.05, 4.69) is 17.2 Å². The lowest BCUT2D eigenvalue weighted by Gasteiger charge is -2.11. The van der Waals surface area contributed by atoms with Gasteiger partial charge in [0.05, 0.1) is 19.8 Å². The lowest BCUT2D eigenvalue weighted by Crippen LogP contribution is -2.13. The second-order valence-electron chi connectivity index (χ2n) is 6.19. The lowest BCUT2D eigenvalue weighted by molar-refractivity contribution is 0.0746. The molecule has 0 amide bonds. The fourth-order valence-electron chi connectivity index (χ4n) is 2.63. The minimum atomic E-state index is -4.39. The summed E-state index contributed by atoms with van der Waals surface area (Å²) in [6, 6.07) is 8.02. The summed E-state index contributed by atoms with van der Waals surface area (Å²) < 4.78 is 44.3. The predicted molar refractivity (Wildman–Crippen MR) is 102 cm³/mol. The number of rotatable bonds is 16. The number of unbranched alkanes of at least 4 members (excludes halogenated alkanes) is 6. The average molecular weight is 389 g/mol. The summed E-state index contributed by atoms with van der Waals surface area (Å²) in [6.07, 6.45) is 9.99. The summed E-state index contributed by atoms with van der Waals surface area (Å²) in [5.41, 5.74) is 1.20. The first-order valence-electron chi connectivity index (χ1n) is 9.43. The molecule has 0 heterocycles. The van der Waals surface area contributed by atoms with Crippen LogP contribution in [-0.2, 0) is 25.7 Å². The largest absolute Gasteiger partial charge is 0.491 e. The zero-order valence-electron chi connectivity index (χ0n) is 15.7. The Morgan fingerprint density at radius 2 is 1.54 bits per heavy atom. The first kappa shape index (κ1) is 22.9. The molecule has 150 valence electrons. The van der Waals surface area contributed by atoms with E-state index >= 15 is 0 Å². The Bertz CT molecular complexity index is 573. The fraction of sp³-hybridized carbons (Fsp3) is 0.684. The molecule has 0 bridgehead atoms. The van der Waals surface area contributed by atoms with Crippen LogP contribution in [0, 0.1) is 0 Å². The molecule has 0 fully saturated rings. The highest BCUT2D eigenvalue weighted by atomic mass is 32.3. The minimum Gasteiger partial charge on any atom is -0.491 e. The topological polar surface area (TPSA) is 82.1 Å². The van der Waals surface area contributed by atoms with Gasteiger partial charge in [0.25, 0.3) is 0 Å². The van der Waals surface area contributed by atoms with Crippen molar-refractivity contribution in [3.63, 3.8) is 0 Å². The second kappa shape index (κ2) is 14.0. The molecule has 0 aliphatic carbocycles. The molecule has 0 atom stereocenters. The van der Waals surface area contributed by atoms with Gasteiger partial charge in [-0.15, -0.1) is 0 Å². The van der Waals surface area contributed by atoms with Gasteiger partial charge in [-0.05, 0) is 24.5 Å². The number of ether oxygens (including phenoxy) is 2. The molecule has 7 heteroatoms. The van der Waals surface area contributed by atoms with E-state index < -0.39 is 10.4 Å². The molecule has 0 radical (unpaired) electrons. The van der Waals surface area contributed by atoms with Crippen LogP contribution in [0.5, 0.6) is 5.75 Å². The quantitative estimate of drug-likeness (QED) is 0.338. The summed E-state index contributed by atoms with van der Waals surface area (Å²) >= 11 is 0. The van der Waals surface area contributed by atoms with Crippen molar-refractivity contribution < 1.29 is 26.6 Å². The molecule has 0 saturated heterocycles. The highest BCUT2D eigenvalue weighted by molar-refractivity contribution is 7.80. The van der Waals surface area contributed by atoms with Gasteiger partial charge in [-0.2, -0.15) is 8.42 Å². The van der Waals surface area contributed by atoms with Crippen molar-refractivity contribution in [2.24, 2.45) is 0 Å². The zero-order chi connectivity index (χ0) is 19.1. The summed E-state index contributed by atoms with van der Waals surface area (Å²) in [7, 11) is -4.39. The second-order valence-corrected chi connectivity index (χ2v) is 7.28. The summed E-state index contributed by atoms with van der Waals surface area (Å²) in [6.45, 7) is 2.78. The van der Waals surface area contributed by atoms with Gasteiger partial charge in [0.15, 0.2) is 0 Å². The van der Waals surface area contributed by atoms with Crippen LogP contribution in [0.1, 0.15) is 57.4 Å². The third-order valence-corrected chi connectivity index (χ3v) is 4.43. The van der Waals surface area contributed by atoms with Crippen molar-refractivity contribution in [2.45, 2.75) is 58.3 Å². The van der Waals surface area contributed by atoms with Gasteiger partial charge in [0, 0.05) is 0 Å². The van der Waals surface area contributed by atoms with Crippen LogP contribution in [0.2, 0.25) is 0 Å². The average Bonchev–Trinajstić information content (AvgIpc) is 2.60. The van der Waals surface area contributed by atoms with Gasteiger partial charge in [-0.1, -0.05) is 63.6 Å². The molecule has 0 spiro atoms. The van der Waals surface area contributed by atoms with E-state index in [0.29, 0.717) is 13.2 Å². The van der Waals surface area contributed by atoms with E-state index in [9.17, 15) is 8.42 Å². The van der Waals surface area contributed by atoms with Crippen LogP contribution >= 0.6 is 0 Å². The molecule has 0 aliphatic heterocycles. The zero-order valence-corrected chi connectivity index (χ0v) is 16.5. The Labute approximate surface area is 157 Å². The third kappa shape index (κ3) is 12.2. The summed E-state index contributed by atoms with van der Waals surface area (Å²) in [5.74, 6) is 0.872. The maximum atomic E-state index is 10.4. The Hall–Kier alpha value is -1.15. The molecule has 6 nitrogen and oxygen atoms in total. The molecule has 1 aromatic carbocycles. The molecule has 0 aromatic heterocycles. The standard InChI is InChI=1S/C19H32O6S/c1-2-3-4-5-6-7-8-11-18-12-9-10-13-19(18)24-16-14-23-15-17-25-26(20,21)22/h9-10,12-13H,2-8,11,14-17H2,1H3,(H,20,21,22). The van der Waals surface area contributed by atoms with Gasteiger partial charge in [0.1, 0.15) is 12.4 Å². The minimum absolute atomic E-state index is 0.0723. The van der Waals surface area contributed by atoms with Crippen molar-refractivity contribution in [1.82, 2.24) is 0 Å². The van der Waals surface area contributed by atoms with Crippen molar-refractivity contribution in [1.29, 1.82) is 0 Å². The molecule has 1 aromatic rings. The highest BCUT2D eigenvalue weighted by Gasteiger charge is 2.05. The summed E-state index contributed by atoms with van der Waals surface area (Å²) in [4.78, 5) is 0. The number of hydrogen-bond acceptors (Lipinski definition) is 5. The van der Waals surface area contributed by atoms with Gasteiger partial charge in [0.2, 0.25) is 0 Å². The van der Waals surface area contributed by atoms with Gasteiger partial charge in [-0.25, -0.2) is 4.18 Å². The van der Waals surface area contributed by atoms with E-state index in [1.165, 1.54) is 44.1 Å². The molecule has 0 unspecified atom stereocenters. The number of aryl methyl sites for hydroxylation is 1. The van der Waals surface area contributed by atoms with Crippen LogP contribution in [0.3, 0.4) is 0 Å². The smallest absolute Gasteiger partial charge is 0.397 e. The van der Waals surface area contributed by atoms with E-state index in [4.69, 9.17) is 14.0 Å². The van der Waals surface area contributed by atoms with E-state index in [0.717, 1.165) is 18.6 Å². The van der Waals surface area contributed by atoms with E-state index in [1.54, 1.807) is 0 Å². The Balaban J connectivity index is 2.16. The maximum Gasteiger partial charge on any atom is 0.397 e. The predicted octanol–water partition coefficient (Wildman–Crippen LogP) is 4.19. The summed E-state index contributed by atoms with van der Waals surface area (Å²) in [5, 5.41) is 0. The Morgan fingerprint density at radius 3 is 2.27 bits per heavy atom. The normalized spacial score (nSPS) is 11.6. The molecule has 1 rings (SSSR count). The van der Waals surface area contributed by atoms with Gasteiger partial charge in [-0.3, -0.25) is 4.55 Å². The Morgan fingerprint density at radius 1 is 0.885 bits per heavy atom. The maximum absolute atomic E-state index is 10.4. The van der Waals surface area contributed by atoms with Gasteiger partial charge < -0.3 is 9.47 Å². The highest BCUT2D eigenvalue weighted by Crippen LogP contribution is 2.20. The number of para-hydroxylation sites is 1. The van der Waals surface area contributed by atoms with Crippen LogP contribution in [-0.4, -0.2) is 39.4 Å². The van der Waals surface area contributed by atoms with Crippen molar-refractivity contribution in [3.05, 3.63) is 29.8 Å². The molecule has 26 heavy (non-hydrogen) atoms. The van der Waals surface area contributed by atoms with Crippen LogP contribution in [0.15, 0.2) is 24.3 Å². The number of hydrogen-bond donors (Lipinski definition) is 1. The molecular formula is C19H32O6S. The van der Waals surface area contributed by atoms with E-state index in [-0.39, 0.29) is 13.2 Å². The fourth-order valence-corrected chi connectivity index (χ4v) is 2.91. The molecular weight excluding hydrogens is 356 g/mol. The van der Waals surface area contributed by atoms with Crippen LogP contribution in [0.25, 0.3) is 0 Å². The first-order valence-corrected chi connectivity index (χ1v) is 10.8. The molecule has 0 saturated carbocycles. The third-order valence-electron chi connectivity index (χ3n) is 3.97. The Kier molecular flexibility index (Phi) is 12.3. The van der Waals surface area contributed by atoms with Crippen LogP contribution in [0.4, 0.5) is 0 Å². The van der Waals surface area contributed by atoms with Gasteiger partial charge >= 0.3 is 10.4 Å². The lowest BCUT2D eigenvalue weighted by atomic mass is 10.0. The monoisotopic (exact) mass is 388 g/mol. The van der Waals surface area contributed by atoms with Crippen molar-refractivity contribution in [2.75, 3.05) is 26.4 Å². The SMILES string of the molecule is CCCCCCCCCc1ccccc1OCCOCCOS(=O)(=O)O.